The number of carbonyl (C=O) groups excluding carboxylic acids is 1. The number of benzene rings is 3. The number of hydrogen-bond donors (Lipinski definition) is 0. The molecule has 3 heteroatoms. The molecule has 0 unspecified atom stereocenters. The van der Waals surface area contributed by atoms with Crippen LogP contribution in [0, 0.1) is 0 Å². The molecule has 1 heterocycles. The second kappa shape index (κ2) is 9.53. The smallest absolute Gasteiger partial charge is 0.258 e. The van der Waals surface area contributed by atoms with Gasteiger partial charge in [-0.15, -0.1) is 0 Å². The molecule has 3 nitrogen and oxygen atoms in total. The third kappa shape index (κ3) is 4.93. The summed E-state index contributed by atoms with van der Waals surface area (Å²) in [6.07, 6.45) is 3.08. The number of amides is 1. The molecule has 3 aromatic carbocycles. The molecule has 1 aliphatic heterocycles. The van der Waals surface area contributed by atoms with E-state index in [9.17, 15) is 4.79 Å². The topological polar surface area (TPSA) is 23.6 Å². The molecule has 1 saturated heterocycles. The van der Waals surface area contributed by atoms with Crippen molar-refractivity contribution < 1.29 is 4.79 Å². The first-order valence-electron chi connectivity index (χ1n) is 10.5. The summed E-state index contributed by atoms with van der Waals surface area (Å²) in [5, 5.41) is 0. The average Bonchev–Trinajstić information content (AvgIpc) is 2.81. The highest BCUT2D eigenvalue weighted by Gasteiger charge is 2.29. The summed E-state index contributed by atoms with van der Waals surface area (Å²) < 4.78 is 0. The zero-order chi connectivity index (χ0) is 19.9. The number of likely N-dealkylation sites (tertiary alicyclic amines) is 1. The summed E-state index contributed by atoms with van der Waals surface area (Å²) in [6.45, 7) is 3.14. The third-order valence-corrected chi connectivity index (χ3v) is 5.76. The van der Waals surface area contributed by atoms with Gasteiger partial charge in [0.15, 0.2) is 0 Å². The molecule has 29 heavy (non-hydrogen) atoms. The Morgan fingerprint density at radius 3 is 1.97 bits per heavy atom. The van der Waals surface area contributed by atoms with Gasteiger partial charge in [0, 0.05) is 36.9 Å². The normalized spacial score (nSPS) is 15.2. The van der Waals surface area contributed by atoms with E-state index in [4.69, 9.17) is 0 Å². The fraction of sp³-hybridized carbons (Fsp3) is 0.269. The fourth-order valence-corrected chi connectivity index (χ4v) is 4.14. The van der Waals surface area contributed by atoms with Gasteiger partial charge in [0.05, 0.1) is 0 Å². The Morgan fingerprint density at radius 2 is 1.34 bits per heavy atom. The van der Waals surface area contributed by atoms with E-state index in [2.05, 4.69) is 35.2 Å². The van der Waals surface area contributed by atoms with Gasteiger partial charge in [-0.05, 0) is 49.1 Å². The second-order valence-electron chi connectivity index (χ2n) is 7.69. The highest BCUT2D eigenvalue weighted by atomic mass is 16.2. The Hall–Kier alpha value is -2.91. The van der Waals surface area contributed by atoms with E-state index in [1.807, 2.05) is 65.6 Å². The highest BCUT2D eigenvalue weighted by Crippen LogP contribution is 2.26. The molecule has 1 fully saturated rings. The molecule has 3 aromatic rings. The molecule has 0 saturated carbocycles. The van der Waals surface area contributed by atoms with Gasteiger partial charge in [-0.2, -0.15) is 0 Å². The molecule has 0 bridgehead atoms. The lowest BCUT2D eigenvalue weighted by Crippen LogP contribution is -2.48. The molecule has 1 aliphatic rings. The van der Waals surface area contributed by atoms with Crippen molar-refractivity contribution in [3.8, 4) is 0 Å². The van der Waals surface area contributed by atoms with E-state index in [-0.39, 0.29) is 11.9 Å². The standard InChI is InChI=1S/C26H28N2O/c29-26(23-12-6-2-7-13-23)28(24-14-8-3-9-15-24)25-17-20-27(21-18-25)19-16-22-10-4-1-5-11-22/h1-15,25H,16-21H2. The van der Waals surface area contributed by atoms with Crippen molar-refractivity contribution in [3.05, 3.63) is 102 Å². The van der Waals surface area contributed by atoms with Crippen molar-refractivity contribution in [2.75, 3.05) is 24.5 Å². The monoisotopic (exact) mass is 384 g/mol. The van der Waals surface area contributed by atoms with Crippen molar-refractivity contribution in [2.24, 2.45) is 0 Å². The van der Waals surface area contributed by atoms with Gasteiger partial charge in [0.25, 0.3) is 5.91 Å². The van der Waals surface area contributed by atoms with E-state index in [1.165, 1.54) is 5.56 Å². The molecular formula is C26H28N2O. The number of anilines is 1. The molecule has 0 spiro atoms. The van der Waals surface area contributed by atoms with Crippen LogP contribution < -0.4 is 4.90 Å². The first kappa shape index (κ1) is 19.4. The molecule has 0 atom stereocenters. The number of nitrogens with zero attached hydrogens (tertiary/aromatic N) is 2. The quantitative estimate of drug-likeness (QED) is 0.594. The largest absolute Gasteiger partial charge is 0.305 e. The van der Waals surface area contributed by atoms with Crippen LogP contribution in [0.1, 0.15) is 28.8 Å². The first-order chi connectivity index (χ1) is 14.3. The Bertz CT molecular complexity index is 888. The Kier molecular flexibility index (Phi) is 6.38. The van der Waals surface area contributed by atoms with Crippen LogP contribution in [0.2, 0.25) is 0 Å². The summed E-state index contributed by atoms with van der Waals surface area (Å²) in [6, 6.07) is 30.7. The summed E-state index contributed by atoms with van der Waals surface area (Å²) >= 11 is 0. The molecule has 0 N–H and O–H groups in total. The maximum absolute atomic E-state index is 13.3. The number of carbonyl (C=O) groups is 1. The van der Waals surface area contributed by atoms with Crippen LogP contribution in [-0.4, -0.2) is 36.5 Å². The van der Waals surface area contributed by atoms with Crippen LogP contribution in [0.5, 0.6) is 0 Å². The van der Waals surface area contributed by atoms with E-state index < -0.39 is 0 Å². The van der Waals surface area contributed by atoms with Crippen molar-refractivity contribution in [1.82, 2.24) is 4.90 Å². The van der Waals surface area contributed by atoms with Gasteiger partial charge < -0.3 is 9.80 Å². The predicted octanol–water partition coefficient (Wildman–Crippen LogP) is 5.04. The van der Waals surface area contributed by atoms with E-state index in [1.54, 1.807) is 0 Å². The summed E-state index contributed by atoms with van der Waals surface area (Å²) in [7, 11) is 0. The van der Waals surface area contributed by atoms with Gasteiger partial charge >= 0.3 is 0 Å². The zero-order valence-electron chi connectivity index (χ0n) is 16.8. The van der Waals surface area contributed by atoms with Crippen LogP contribution in [-0.2, 0) is 6.42 Å². The van der Waals surface area contributed by atoms with Crippen LogP contribution in [0.3, 0.4) is 0 Å². The molecule has 1 amide bonds. The Labute approximate surface area is 173 Å². The number of piperidine rings is 1. The lowest BCUT2D eigenvalue weighted by molar-refractivity contribution is 0.0960. The summed E-state index contributed by atoms with van der Waals surface area (Å²) in [5.74, 6) is 0.0968. The van der Waals surface area contributed by atoms with Gasteiger partial charge in [0.1, 0.15) is 0 Å². The first-order valence-corrected chi connectivity index (χ1v) is 10.5. The fourth-order valence-electron chi connectivity index (χ4n) is 4.14. The molecule has 0 aromatic heterocycles. The Balaban J connectivity index is 1.43. The lowest BCUT2D eigenvalue weighted by atomic mass is 10.00. The average molecular weight is 385 g/mol. The van der Waals surface area contributed by atoms with Crippen LogP contribution in [0.15, 0.2) is 91.0 Å². The molecular weight excluding hydrogens is 356 g/mol. The van der Waals surface area contributed by atoms with Crippen molar-refractivity contribution in [2.45, 2.75) is 25.3 Å². The number of hydrogen-bond acceptors (Lipinski definition) is 2. The minimum absolute atomic E-state index is 0.0968. The zero-order valence-corrected chi connectivity index (χ0v) is 16.8. The molecule has 0 aliphatic carbocycles. The van der Waals surface area contributed by atoms with Gasteiger partial charge in [-0.25, -0.2) is 0 Å². The minimum Gasteiger partial charge on any atom is -0.305 e. The summed E-state index contributed by atoms with van der Waals surface area (Å²) in [5.41, 5.74) is 3.13. The minimum atomic E-state index is 0.0968. The third-order valence-electron chi connectivity index (χ3n) is 5.76. The summed E-state index contributed by atoms with van der Waals surface area (Å²) in [4.78, 5) is 17.9. The van der Waals surface area contributed by atoms with E-state index in [0.717, 1.165) is 50.1 Å². The predicted molar refractivity (Wildman–Crippen MR) is 119 cm³/mol. The van der Waals surface area contributed by atoms with Gasteiger partial charge in [-0.1, -0.05) is 66.7 Å². The Morgan fingerprint density at radius 1 is 0.793 bits per heavy atom. The van der Waals surface area contributed by atoms with E-state index >= 15 is 0 Å². The second-order valence-corrected chi connectivity index (χ2v) is 7.69. The maximum atomic E-state index is 13.3. The van der Waals surface area contributed by atoms with Gasteiger partial charge in [0.2, 0.25) is 0 Å². The number of rotatable bonds is 6. The van der Waals surface area contributed by atoms with Crippen molar-refractivity contribution in [3.63, 3.8) is 0 Å². The highest BCUT2D eigenvalue weighted by molar-refractivity contribution is 6.06. The van der Waals surface area contributed by atoms with Crippen molar-refractivity contribution >= 4 is 11.6 Å². The SMILES string of the molecule is O=C(c1ccccc1)N(c1ccccc1)C1CCN(CCc2ccccc2)CC1. The molecule has 4 rings (SSSR count). The molecule has 0 radical (unpaired) electrons. The number of para-hydroxylation sites is 1. The van der Waals surface area contributed by atoms with E-state index in [0.29, 0.717) is 0 Å². The maximum Gasteiger partial charge on any atom is 0.258 e. The van der Waals surface area contributed by atoms with Gasteiger partial charge in [-0.3, -0.25) is 4.79 Å². The molecule has 148 valence electrons. The van der Waals surface area contributed by atoms with Crippen LogP contribution in [0.4, 0.5) is 5.69 Å². The van der Waals surface area contributed by atoms with Crippen molar-refractivity contribution in [1.29, 1.82) is 0 Å². The lowest BCUT2D eigenvalue weighted by Gasteiger charge is -2.38. The van der Waals surface area contributed by atoms with Crippen LogP contribution >= 0.6 is 0 Å². The van der Waals surface area contributed by atoms with Crippen LogP contribution in [0.25, 0.3) is 0 Å².